The van der Waals surface area contributed by atoms with Crippen LogP contribution in [0.2, 0.25) is 0 Å². The van der Waals surface area contributed by atoms with E-state index in [9.17, 15) is 9.90 Å². The van der Waals surface area contributed by atoms with Gasteiger partial charge in [0.25, 0.3) is 5.91 Å². The second-order valence-electron chi connectivity index (χ2n) is 5.08. The Labute approximate surface area is 118 Å². The molecule has 5 heteroatoms. The lowest BCUT2D eigenvalue weighted by Gasteiger charge is -2.20. The summed E-state index contributed by atoms with van der Waals surface area (Å²) in [5.41, 5.74) is 0.989. The average Bonchev–Trinajstić information content (AvgIpc) is 2.84. The highest BCUT2D eigenvalue weighted by molar-refractivity contribution is 7.99. The zero-order valence-corrected chi connectivity index (χ0v) is 12.2. The molecule has 1 unspecified atom stereocenters. The highest BCUT2D eigenvalue weighted by Crippen LogP contribution is 2.27. The number of benzene rings is 1. The van der Waals surface area contributed by atoms with Gasteiger partial charge in [-0.05, 0) is 29.9 Å². The summed E-state index contributed by atoms with van der Waals surface area (Å²) in [6.07, 6.45) is 0.545. The van der Waals surface area contributed by atoms with Crippen LogP contribution in [0, 0.1) is 0 Å². The van der Waals surface area contributed by atoms with Gasteiger partial charge in [0.1, 0.15) is 0 Å². The molecule has 0 saturated carbocycles. The minimum atomic E-state index is -1.17. The molecule has 104 valence electrons. The Kier molecular flexibility index (Phi) is 4.37. The van der Waals surface area contributed by atoms with Crippen molar-refractivity contribution in [2.45, 2.75) is 18.6 Å². The number of hydrogen-bond donors (Lipinski definition) is 2. The highest BCUT2D eigenvalue weighted by Gasteiger charge is 2.39. The van der Waals surface area contributed by atoms with Crippen LogP contribution in [0.1, 0.15) is 12.0 Å². The van der Waals surface area contributed by atoms with E-state index in [4.69, 9.17) is 0 Å². The molecule has 1 amide bonds. The Morgan fingerprint density at radius 2 is 2.11 bits per heavy atom. The molecule has 0 radical (unpaired) electrons. The summed E-state index contributed by atoms with van der Waals surface area (Å²) >= 11 is 1.62. The van der Waals surface area contributed by atoms with E-state index < -0.39 is 5.60 Å². The van der Waals surface area contributed by atoms with Crippen molar-refractivity contribution >= 4 is 23.4 Å². The van der Waals surface area contributed by atoms with Gasteiger partial charge in [-0.15, -0.1) is 0 Å². The lowest BCUT2D eigenvalue weighted by Crippen LogP contribution is -2.46. The molecule has 0 aromatic heterocycles. The van der Waals surface area contributed by atoms with Gasteiger partial charge < -0.3 is 15.3 Å². The summed E-state index contributed by atoms with van der Waals surface area (Å²) < 4.78 is 0. The maximum absolute atomic E-state index is 11.9. The Bertz CT molecular complexity index is 439. The van der Waals surface area contributed by atoms with Crippen molar-refractivity contribution in [3.05, 3.63) is 29.8 Å². The molecule has 1 aliphatic heterocycles. The molecular formula is C14H20N2O2S. The fourth-order valence-corrected chi connectivity index (χ4v) is 3.23. The van der Waals surface area contributed by atoms with Crippen LogP contribution in [0.5, 0.6) is 0 Å². The first-order valence-corrected chi connectivity index (χ1v) is 7.51. The molecule has 0 aliphatic carbocycles. The SMILES string of the molecule is CN(C)c1ccc(CNC(=O)C2(O)CCSC2)cc1. The van der Waals surface area contributed by atoms with Gasteiger partial charge in [0.05, 0.1) is 0 Å². The predicted molar refractivity (Wildman–Crippen MR) is 79.5 cm³/mol. The number of aliphatic hydroxyl groups is 1. The zero-order valence-electron chi connectivity index (χ0n) is 11.3. The second kappa shape index (κ2) is 5.84. The normalized spacial score (nSPS) is 22.3. The molecule has 1 saturated heterocycles. The van der Waals surface area contributed by atoms with Crippen molar-refractivity contribution in [1.82, 2.24) is 5.32 Å². The van der Waals surface area contributed by atoms with Crippen LogP contribution in [0.25, 0.3) is 0 Å². The summed E-state index contributed by atoms with van der Waals surface area (Å²) in [6, 6.07) is 8.01. The van der Waals surface area contributed by atoms with Gasteiger partial charge in [-0.1, -0.05) is 12.1 Å². The van der Waals surface area contributed by atoms with Gasteiger partial charge in [-0.25, -0.2) is 0 Å². The summed E-state index contributed by atoms with van der Waals surface area (Å²) in [5.74, 6) is 1.09. The van der Waals surface area contributed by atoms with Crippen LogP contribution >= 0.6 is 11.8 Å². The van der Waals surface area contributed by atoms with Crippen molar-refractivity contribution in [2.24, 2.45) is 0 Å². The summed E-state index contributed by atoms with van der Waals surface area (Å²) in [4.78, 5) is 14.0. The van der Waals surface area contributed by atoms with Gasteiger partial charge in [-0.3, -0.25) is 4.79 Å². The second-order valence-corrected chi connectivity index (χ2v) is 6.18. The Morgan fingerprint density at radius 3 is 2.63 bits per heavy atom. The van der Waals surface area contributed by atoms with Gasteiger partial charge in [0, 0.05) is 32.1 Å². The number of amides is 1. The largest absolute Gasteiger partial charge is 0.379 e. The lowest BCUT2D eigenvalue weighted by atomic mass is 10.0. The van der Waals surface area contributed by atoms with Gasteiger partial charge >= 0.3 is 0 Å². The van der Waals surface area contributed by atoms with Crippen molar-refractivity contribution in [2.75, 3.05) is 30.5 Å². The quantitative estimate of drug-likeness (QED) is 0.871. The third kappa shape index (κ3) is 3.42. The molecule has 0 spiro atoms. The molecule has 1 aromatic rings. The highest BCUT2D eigenvalue weighted by atomic mass is 32.2. The number of anilines is 1. The average molecular weight is 280 g/mol. The van der Waals surface area contributed by atoms with Crippen molar-refractivity contribution in [3.63, 3.8) is 0 Å². The molecule has 1 aliphatic rings. The fraction of sp³-hybridized carbons (Fsp3) is 0.500. The molecule has 2 rings (SSSR count). The third-order valence-electron chi connectivity index (χ3n) is 3.33. The van der Waals surface area contributed by atoms with Crippen LogP contribution in [0.3, 0.4) is 0 Å². The first kappa shape index (κ1) is 14.2. The van der Waals surface area contributed by atoms with Crippen LogP contribution < -0.4 is 10.2 Å². The van der Waals surface area contributed by atoms with E-state index >= 15 is 0 Å². The fourth-order valence-electron chi connectivity index (χ4n) is 1.99. The molecular weight excluding hydrogens is 260 g/mol. The summed E-state index contributed by atoms with van der Waals surface area (Å²) in [6.45, 7) is 0.458. The van der Waals surface area contributed by atoms with Crippen LogP contribution in [-0.4, -0.2) is 42.2 Å². The smallest absolute Gasteiger partial charge is 0.253 e. The first-order valence-electron chi connectivity index (χ1n) is 6.36. The molecule has 1 fully saturated rings. The molecule has 1 heterocycles. The Hall–Kier alpha value is -1.20. The zero-order chi connectivity index (χ0) is 13.9. The number of carbonyl (C=O) groups is 1. The van der Waals surface area contributed by atoms with E-state index in [2.05, 4.69) is 5.32 Å². The predicted octanol–water partition coefficient (Wildman–Crippen LogP) is 1.24. The molecule has 4 nitrogen and oxygen atoms in total. The summed E-state index contributed by atoms with van der Waals surface area (Å²) in [7, 11) is 3.98. The molecule has 1 aromatic carbocycles. The summed E-state index contributed by atoms with van der Waals surface area (Å²) in [5, 5.41) is 12.9. The maximum atomic E-state index is 11.9. The molecule has 0 bridgehead atoms. The minimum Gasteiger partial charge on any atom is -0.379 e. The lowest BCUT2D eigenvalue weighted by molar-refractivity contribution is -0.137. The van der Waals surface area contributed by atoms with Crippen molar-refractivity contribution < 1.29 is 9.90 Å². The monoisotopic (exact) mass is 280 g/mol. The molecule has 19 heavy (non-hydrogen) atoms. The van der Waals surface area contributed by atoms with E-state index in [1.165, 1.54) is 0 Å². The topological polar surface area (TPSA) is 52.6 Å². The number of rotatable bonds is 4. The van der Waals surface area contributed by atoms with Gasteiger partial charge in [-0.2, -0.15) is 11.8 Å². The minimum absolute atomic E-state index is 0.255. The van der Waals surface area contributed by atoms with Gasteiger partial charge in [0.15, 0.2) is 5.60 Å². The van der Waals surface area contributed by atoms with E-state index in [0.717, 1.165) is 17.0 Å². The Balaban J connectivity index is 1.90. The number of carbonyl (C=O) groups excluding carboxylic acids is 1. The number of nitrogens with zero attached hydrogens (tertiary/aromatic N) is 1. The van der Waals surface area contributed by atoms with E-state index in [1.807, 2.05) is 43.3 Å². The molecule has 1 atom stereocenters. The Morgan fingerprint density at radius 1 is 1.42 bits per heavy atom. The number of nitrogens with one attached hydrogen (secondary N) is 1. The van der Waals surface area contributed by atoms with Crippen LogP contribution in [0.4, 0.5) is 5.69 Å². The standard InChI is InChI=1S/C14H20N2O2S/c1-16(2)12-5-3-11(4-6-12)9-15-13(17)14(18)7-8-19-10-14/h3-6,18H,7-10H2,1-2H3,(H,15,17). The van der Waals surface area contributed by atoms with E-state index in [1.54, 1.807) is 11.8 Å². The van der Waals surface area contributed by atoms with Crippen molar-refractivity contribution in [3.8, 4) is 0 Å². The van der Waals surface area contributed by atoms with E-state index in [0.29, 0.717) is 18.7 Å². The molecule has 2 N–H and O–H groups in total. The first-order chi connectivity index (χ1) is 9.01. The number of thioether (sulfide) groups is 1. The van der Waals surface area contributed by atoms with Crippen LogP contribution in [0.15, 0.2) is 24.3 Å². The maximum Gasteiger partial charge on any atom is 0.253 e. The third-order valence-corrected chi connectivity index (χ3v) is 4.50. The van der Waals surface area contributed by atoms with Crippen LogP contribution in [-0.2, 0) is 11.3 Å². The van der Waals surface area contributed by atoms with Gasteiger partial charge in [0.2, 0.25) is 0 Å². The number of hydrogen-bond acceptors (Lipinski definition) is 4. The van der Waals surface area contributed by atoms with E-state index in [-0.39, 0.29) is 5.91 Å². The van der Waals surface area contributed by atoms with Crippen molar-refractivity contribution in [1.29, 1.82) is 0 Å².